The van der Waals surface area contributed by atoms with Crippen LogP contribution in [0.25, 0.3) is 22.2 Å². The van der Waals surface area contributed by atoms with Gasteiger partial charge in [0.1, 0.15) is 0 Å². The van der Waals surface area contributed by atoms with Crippen LogP contribution < -0.4 is 5.32 Å². The summed E-state index contributed by atoms with van der Waals surface area (Å²) in [6.07, 6.45) is 7.12. The fraction of sp³-hybridized carbons (Fsp3) is 0.435. The molecule has 3 aromatic rings. The summed E-state index contributed by atoms with van der Waals surface area (Å²) in [6, 6.07) is 16.1. The van der Waals surface area contributed by atoms with Crippen molar-refractivity contribution in [1.29, 1.82) is 0 Å². The normalized spacial score (nSPS) is 17.7. The Morgan fingerprint density at radius 1 is 1.08 bits per heavy atom. The van der Waals surface area contributed by atoms with E-state index in [1.54, 1.807) is 0 Å². The van der Waals surface area contributed by atoms with Crippen LogP contribution in [-0.4, -0.2) is 15.6 Å². The van der Waals surface area contributed by atoms with Gasteiger partial charge in [-0.1, -0.05) is 38.1 Å². The zero-order chi connectivity index (χ0) is 18.1. The van der Waals surface area contributed by atoms with Gasteiger partial charge >= 0.3 is 0 Å². The summed E-state index contributed by atoms with van der Waals surface area (Å²) in [7, 11) is 2.05. The second-order valence-corrected chi connectivity index (χ2v) is 8.58. The van der Waals surface area contributed by atoms with E-state index in [1.165, 1.54) is 47.9 Å². The molecule has 2 aromatic carbocycles. The Kier molecular flexibility index (Phi) is 4.58. The van der Waals surface area contributed by atoms with Crippen molar-refractivity contribution in [2.45, 2.75) is 52.1 Å². The predicted octanol–water partition coefficient (Wildman–Crippen LogP) is 5.30. The summed E-state index contributed by atoms with van der Waals surface area (Å²) in [6.45, 7) is 5.74. The molecule has 1 saturated carbocycles. The third-order valence-electron chi connectivity index (χ3n) is 5.92. The van der Waals surface area contributed by atoms with Crippen molar-refractivity contribution in [3.05, 3.63) is 54.4 Å². The van der Waals surface area contributed by atoms with Crippen LogP contribution in [0.5, 0.6) is 0 Å². The molecular weight excluding hydrogens is 318 g/mol. The van der Waals surface area contributed by atoms with Crippen LogP contribution in [0.1, 0.15) is 45.1 Å². The van der Waals surface area contributed by atoms with E-state index in [-0.39, 0.29) is 0 Å². The monoisotopic (exact) mass is 347 g/mol. The summed E-state index contributed by atoms with van der Waals surface area (Å²) in [5.74, 6) is 0. The highest BCUT2D eigenvalue weighted by atomic mass is 15.0. The van der Waals surface area contributed by atoms with Gasteiger partial charge in [-0.2, -0.15) is 0 Å². The molecule has 3 heteroatoms. The summed E-state index contributed by atoms with van der Waals surface area (Å²) < 4.78 is 2.08. The van der Waals surface area contributed by atoms with E-state index in [1.807, 2.05) is 13.4 Å². The van der Waals surface area contributed by atoms with Crippen LogP contribution in [0.4, 0.5) is 0 Å². The Bertz CT molecular complexity index is 897. The summed E-state index contributed by atoms with van der Waals surface area (Å²) >= 11 is 0. The highest BCUT2D eigenvalue weighted by Gasteiger charge is 2.26. The number of aromatic nitrogens is 2. The molecule has 0 radical (unpaired) electrons. The van der Waals surface area contributed by atoms with E-state index in [2.05, 4.69) is 71.2 Å². The lowest BCUT2D eigenvalue weighted by Crippen LogP contribution is -2.35. The first-order valence-corrected chi connectivity index (χ1v) is 9.74. The van der Waals surface area contributed by atoms with Crippen molar-refractivity contribution in [3.63, 3.8) is 0 Å². The maximum Gasteiger partial charge on any atom is 0.0955 e. The first kappa shape index (κ1) is 17.3. The van der Waals surface area contributed by atoms with Gasteiger partial charge in [-0.25, -0.2) is 4.98 Å². The number of benzene rings is 2. The van der Waals surface area contributed by atoms with Crippen LogP contribution in [0.2, 0.25) is 0 Å². The third kappa shape index (κ3) is 3.68. The molecule has 1 aliphatic rings. The van der Waals surface area contributed by atoms with Gasteiger partial charge in [0.2, 0.25) is 0 Å². The van der Waals surface area contributed by atoms with Crippen molar-refractivity contribution >= 4 is 11.0 Å². The van der Waals surface area contributed by atoms with Crippen LogP contribution in [-0.2, 0) is 13.6 Å². The molecule has 0 spiro atoms. The lowest BCUT2D eigenvalue weighted by atomic mass is 9.75. The average molecular weight is 348 g/mol. The second-order valence-electron chi connectivity index (χ2n) is 8.58. The molecule has 0 atom stereocenters. The molecule has 4 rings (SSSR count). The van der Waals surface area contributed by atoms with E-state index in [9.17, 15) is 0 Å². The van der Waals surface area contributed by atoms with Gasteiger partial charge in [0.25, 0.3) is 0 Å². The Morgan fingerprint density at radius 2 is 1.85 bits per heavy atom. The Hall–Kier alpha value is -2.13. The van der Waals surface area contributed by atoms with E-state index < -0.39 is 0 Å². The largest absolute Gasteiger partial charge is 0.334 e. The number of fused-ring (bicyclic) bond motifs is 1. The van der Waals surface area contributed by atoms with Gasteiger partial charge in [-0.05, 0) is 66.0 Å². The van der Waals surface area contributed by atoms with Crippen molar-refractivity contribution in [3.8, 4) is 11.1 Å². The van der Waals surface area contributed by atoms with Crippen LogP contribution in [0.15, 0.2) is 48.8 Å². The van der Waals surface area contributed by atoms with Crippen LogP contribution in [0.3, 0.4) is 0 Å². The molecule has 1 heterocycles. The minimum Gasteiger partial charge on any atom is -0.334 e. The fourth-order valence-corrected chi connectivity index (χ4v) is 4.03. The predicted molar refractivity (Wildman–Crippen MR) is 109 cm³/mol. The molecule has 3 nitrogen and oxygen atoms in total. The van der Waals surface area contributed by atoms with Crippen LogP contribution >= 0.6 is 0 Å². The highest BCUT2D eigenvalue weighted by Crippen LogP contribution is 2.35. The van der Waals surface area contributed by atoms with Gasteiger partial charge in [0.05, 0.1) is 17.4 Å². The number of rotatable bonds is 4. The Labute approximate surface area is 156 Å². The van der Waals surface area contributed by atoms with Gasteiger partial charge < -0.3 is 9.88 Å². The fourth-order valence-electron chi connectivity index (χ4n) is 4.03. The van der Waals surface area contributed by atoms with Gasteiger partial charge in [-0.3, -0.25) is 0 Å². The molecule has 136 valence electrons. The maximum atomic E-state index is 4.41. The summed E-state index contributed by atoms with van der Waals surface area (Å²) in [4.78, 5) is 4.41. The molecule has 1 fully saturated rings. The average Bonchev–Trinajstić information content (AvgIpc) is 3.02. The molecular formula is C23H29N3. The Morgan fingerprint density at radius 3 is 2.65 bits per heavy atom. The van der Waals surface area contributed by atoms with Crippen molar-refractivity contribution in [2.24, 2.45) is 12.5 Å². The first-order chi connectivity index (χ1) is 12.5. The van der Waals surface area contributed by atoms with Gasteiger partial charge in [0, 0.05) is 19.6 Å². The zero-order valence-electron chi connectivity index (χ0n) is 16.1. The maximum absolute atomic E-state index is 4.41. The summed E-state index contributed by atoms with van der Waals surface area (Å²) in [5, 5.41) is 3.77. The molecule has 1 aromatic heterocycles. The van der Waals surface area contributed by atoms with E-state index in [0.717, 1.165) is 12.1 Å². The number of hydrogen-bond donors (Lipinski definition) is 1. The Balaban J connectivity index is 1.47. The van der Waals surface area contributed by atoms with Crippen molar-refractivity contribution in [1.82, 2.24) is 14.9 Å². The molecule has 1 aliphatic carbocycles. The molecule has 0 bridgehead atoms. The minimum absolute atomic E-state index is 0.530. The first-order valence-electron chi connectivity index (χ1n) is 9.74. The number of nitrogens with zero attached hydrogens (tertiary/aromatic N) is 2. The molecule has 1 N–H and O–H groups in total. The topological polar surface area (TPSA) is 29.9 Å². The molecule has 26 heavy (non-hydrogen) atoms. The van der Waals surface area contributed by atoms with Crippen LogP contribution in [0, 0.1) is 5.41 Å². The second kappa shape index (κ2) is 6.88. The lowest BCUT2D eigenvalue weighted by molar-refractivity contribution is 0.206. The number of aryl methyl sites for hydroxylation is 1. The zero-order valence-corrected chi connectivity index (χ0v) is 16.1. The highest BCUT2D eigenvalue weighted by molar-refractivity contribution is 5.82. The standard InChI is InChI=1S/C23H29N3/c1-23(2)11-9-20(10-12-23)24-15-17-5-4-6-18(13-17)19-7-8-21-22(14-19)26(3)16-25-21/h4-8,13-14,16,20,24H,9-12,15H2,1-3H3. The number of nitrogens with one attached hydrogen (secondary N) is 1. The third-order valence-corrected chi connectivity index (χ3v) is 5.92. The van der Waals surface area contributed by atoms with E-state index >= 15 is 0 Å². The smallest absolute Gasteiger partial charge is 0.0955 e. The van der Waals surface area contributed by atoms with Crippen molar-refractivity contribution < 1.29 is 0 Å². The number of hydrogen-bond acceptors (Lipinski definition) is 2. The van der Waals surface area contributed by atoms with Crippen molar-refractivity contribution in [2.75, 3.05) is 0 Å². The van der Waals surface area contributed by atoms with Gasteiger partial charge in [0.15, 0.2) is 0 Å². The minimum atomic E-state index is 0.530. The summed E-state index contributed by atoms with van der Waals surface area (Å²) in [5.41, 5.74) is 6.64. The van der Waals surface area contributed by atoms with Gasteiger partial charge in [-0.15, -0.1) is 0 Å². The lowest BCUT2D eigenvalue weighted by Gasteiger charge is -2.34. The molecule has 0 unspecified atom stereocenters. The van der Waals surface area contributed by atoms with E-state index in [0.29, 0.717) is 11.5 Å². The quantitative estimate of drug-likeness (QED) is 0.694. The molecule has 0 amide bonds. The van der Waals surface area contributed by atoms with E-state index in [4.69, 9.17) is 0 Å². The SMILES string of the molecule is Cn1cnc2ccc(-c3cccc(CNC4CCC(C)(C)CC4)c3)cc21. The molecule has 0 aliphatic heterocycles. The number of imidazole rings is 1. The molecule has 0 saturated heterocycles.